The van der Waals surface area contributed by atoms with Crippen molar-refractivity contribution < 1.29 is 4.74 Å². The van der Waals surface area contributed by atoms with Crippen LogP contribution in [0.5, 0.6) is 11.5 Å². The average molecular weight is 746 g/mol. The van der Waals surface area contributed by atoms with Crippen LogP contribution in [0.15, 0.2) is 188 Å². The van der Waals surface area contributed by atoms with Gasteiger partial charge in [-0.3, -0.25) is 0 Å². The minimum Gasteiger partial charge on any atom is -0.457 e. The Labute approximate surface area is 333 Å². The Morgan fingerprint density at radius 2 is 0.930 bits per heavy atom. The Morgan fingerprint density at radius 1 is 0.368 bits per heavy atom. The molecule has 1 spiro atoms. The van der Waals surface area contributed by atoms with Crippen molar-refractivity contribution >= 4 is 31.5 Å². The number of nitrogens with zero attached hydrogens (tertiary/aromatic N) is 3. The normalized spacial score (nSPS) is 13.2. The van der Waals surface area contributed by atoms with Gasteiger partial charge in [-0.25, -0.2) is 15.0 Å². The fourth-order valence-electron chi connectivity index (χ4n) is 9.15. The molecular weight excluding hydrogens is 715 g/mol. The van der Waals surface area contributed by atoms with E-state index in [1.807, 2.05) is 47.7 Å². The zero-order valence-corrected chi connectivity index (χ0v) is 31.4. The van der Waals surface area contributed by atoms with E-state index in [4.69, 9.17) is 19.7 Å². The number of rotatable bonds is 4. The maximum atomic E-state index is 6.67. The van der Waals surface area contributed by atoms with Gasteiger partial charge in [0.1, 0.15) is 11.5 Å². The molecule has 12 rings (SSSR count). The SMILES string of the molecule is c1ccc(-c2nc(-c3ccccc3)nc(-c3cccc4c3-c3cc(-c5ccc6c(c5)sc5ccccc56)ccc3C43c4ccccc4Oc4ccccc43)n2)cc1. The van der Waals surface area contributed by atoms with Crippen LogP contribution in [0.2, 0.25) is 0 Å². The number of ether oxygens (including phenoxy) is 1. The molecule has 3 heterocycles. The van der Waals surface area contributed by atoms with Gasteiger partial charge in [0.25, 0.3) is 0 Å². The maximum Gasteiger partial charge on any atom is 0.164 e. The third kappa shape index (κ3) is 4.76. The number of aromatic nitrogens is 3. The third-order valence-electron chi connectivity index (χ3n) is 11.6. The van der Waals surface area contributed by atoms with Crippen LogP contribution < -0.4 is 4.74 Å². The number of thiophene rings is 1. The van der Waals surface area contributed by atoms with Crippen LogP contribution >= 0.6 is 11.3 Å². The highest BCUT2D eigenvalue weighted by atomic mass is 32.1. The molecule has 0 fully saturated rings. The van der Waals surface area contributed by atoms with E-state index in [-0.39, 0.29) is 0 Å². The van der Waals surface area contributed by atoms with E-state index in [1.54, 1.807) is 0 Å². The van der Waals surface area contributed by atoms with Gasteiger partial charge in [-0.15, -0.1) is 11.3 Å². The summed E-state index contributed by atoms with van der Waals surface area (Å²) in [6, 6.07) is 66.6. The van der Waals surface area contributed by atoms with Crippen LogP contribution in [-0.2, 0) is 5.41 Å². The second kappa shape index (κ2) is 12.4. The largest absolute Gasteiger partial charge is 0.457 e. The lowest BCUT2D eigenvalue weighted by atomic mass is 9.66. The quantitative estimate of drug-likeness (QED) is 0.180. The monoisotopic (exact) mass is 745 g/mol. The van der Waals surface area contributed by atoms with Crippen LogP contribution in [0, 0.1) is 0 Å². The fraction of sp³-hybridized carbons (Fsp3) is 0.0192. The molecule has 0 N–H and O–H groups in total. The first-order chi connectivity index (χ1) is 28.2. The molecule has 5 heteroatoms. The van der Waals surface area contributed by atoms with Gasteiger partial charge in [-0.05, 0) is 63.7 Å². The molecule has 4 nitrogen and oxygen atoms in total. The van der Waals surface area contributed by atoms with Crippen LogP contribution in [-0.4, -0.2) is 15.0 Å². The lowest BCUT2D eigenvalue weighted by Gasteiger charge is -2.39. The lowest BCUT2D eigenvalue weighted by molar-refractivity contribution is 0.436. The Hall–Kier alpha value is -7.21. The zero-order chi connectivity index (χ0) is 37.5. The van der Waals surface area contributed by atoms with Gasteiger partial charge >= 0.3 is 0 Å². The summed E-state index contributed by atoms with van der Waals surface area (Å²) in [4.78, 5) is 15.6. The number of para-hydroxylation sites is 2. The summed E-state index contributed by atoms with van der Waals surface area (Å²) in [7, 11) is 0. The molecular formula is C52H31N3OS. The second-order valence-electron chi connectivity index (χ2n) is 14.7. The second-order valence-corrected chi connectivity index (χ2v) is 15.8. The van der Waals surface area contributed by atoms with Crippen molar-refractivity contribution in [3.8, 4) is 67.9 Å². The van der Waals surface area contributed by atoms with Gasteiger partial charge < -0.3 is 4.74 Å². The van der Waals surface area contributed by atoms with E-state index in [0.717, 1.165) is 56.0 Å². The predicted octanol–water partition coefficient (Wildman–Crippen LogP) is 13.4. The molecule has 2 aliphatic rings. The van der Waals surface area contributed by atoms with Gasteiger partial charge in [-0.2, -0.15) is 0 Å². The van der Waals surface area contributed by atoms with Crippen molar-refractivity contribution in [1.82, 2.24) is 15.0 Å². The Bertz CT molecular complexity index is 3120. The predicted molar refractivity (Wildman–Crippen MR) is 232 cm³/mol. The first-order valence-electron chi connectivity index (χ1n) is 19.2. The summed E-state index contributed by atoms with van der Waals surface area (Å²) in [5.41, 5.74) is 11.4. The van der Waals surface area contributed by atoms with Crippen molar-refractivity contribution in [3.05, 3.63) is 210 Å². The molecule has 0 saturated carbocycles. The summed E-state index contributed by atoms with van der Waals surface area (Å²) < 4.78 is 9.25. The summed E-state index contributed by atoms with van der Waals surface area (Å²) >= 11 is 1.85. The third-order valence-corrected chi connectivity index (χ3v) is 12.7. The highest BCUT2D eigenvalue weighted by Crippen LogP contribution is 2.63. The molecule has 1 aliphatic carbocycles. The van der Waals surface area contributed by atoms with Gasteiger partial charge in [-0.1, -0.05) is 158 Å². The smallest absolute Gasteiger partial charge is 0.164 e. The standard InChI is InChI=1S/C52H31N3OS/c1-3-14-32(15-4-1)49-53-50(33-16-5-2-6-17-33)55-51(54-49)38-19-13-22-43-48(38)39-30-34(35-26-28-37-36-18-7-12-25-46(36)57-47(37)31-35)27-29-40(39)52(43)41-20-8-10-23-44(41)56-45-24-11-9-21-42(45)52/h1-31H. The molecule has 266 valence electrons. The van der Waals surface area contributed by atoms with Crippen molar-refractivity contribution in [1.29, 1.82) is 0 Å². The van der Waals surface area contributed by atoms with E-state index in [1.165, 1.54) is 36.9 Å². The maximum absolute atomic E-state index is 6.67. The van der Waals surface area contributed by atoms with Gasteiger partial charge in [0.05, 0.1) is 5.41 Å². The van der Waals surface area contributed by atoms with E-state index in [2.05, 4.69) is 152 Å². The van der Waals surface area contributed by atoms with Crippen molar-refractivity contribution in [2.45, 2.75) is 5.41 Å². The highest BCUT2D eigenvalue weighted by Gasteiger charge is 2.51. The van der Waals surface area contributed by atoms with Crippen molar-refractivity contribution in [2.24, 2.45) is 0 Å². The highest BCUT2D eigenvalue weighted by molar-refractivity contribution is 7.25. The summed E-state index contributed by atoms with van der Waals surface area (Å²) in [5.74, 6) is 3.62. The van der Waals surface area contributed by atoms with Gasteiger partial charge in [0.15, 0.2) is 17.5 Å². The molecule has 1 aliphatic heterocycles. The van der Waals surface area contributed by atoms with Crippen molar-refractivity contribution in [3.63, 3.8) is 0 Å². The molecule has 0 saturated heterocycles. The summed E-state index contributed by atoms with van der Waals surface area (Å²) in [6.07, 6.45) is 0. The van der Waals surface area contributed by atoms with Gasteiger partial charge in [0.2, 0.25) is 0 Å². The molecule has 10 aromatic rings. The van der Waals surface area contributed by atoms with Crippen molar-refractivity contribution in [2.75, 3.05) is 0 Å². The van der Waals surface area contributed by atoms with E-state index in [0.29, 0.717) is 17.5 Å². The number of hydrogen-bond acceptors (Lipinski definition) is 5. The lowest BCUT2D eigenvalue weighted by Crippen LogP contribution is -2.32. The molecule has 0 unspecified atom stereocenters. The number of hydrogen-bond donors (Lipinski definition) is 0. The number of fused-ring (bicyclic) bond motifs is 12. The first kappa shape index (κ1) is 32.1. The first-order valence-corrected chi connectivity index (χ1v) is 20.0. The average Bonchev–Trinajstić information content (AvgIpc) is 3.80. The Morgan fingerprint density at radius 3 is 1.65 bits per heavy atom. The summed E-state index contributed by atoms with van der Waals surface area (Å²) in [6.45, 7) is 0. The molecule has 0 radical (unpaired) electrons. The molecule has 57 heavy (non-hydrogen) atoms. The Balaban J connectivity index is 1.16. The molecule has 2 aromatic heterocycles. The molecule has 8 aromatic carbocycles. The molecule has 0 amide bonds. The van der Waals surface area contributed by atoms with Crippen LogP contribution in [0.25, 0.3) is 76.6 Å². The van der Waals surface area contributed by atoms with Crippen LogP contribution in [0.4, 0.5) is 0 Å². The van der Waals surface area contributed by atoms with Crippen LogP contribution in [0.1, 0.15) is 22.3 Å². The molecule has 0 atom stereocenters. The fourth-order valence-corrected chi connectivity index (χ4v) is 10.3. The number of benzene rings is 8. The summed E-state index contributed by atoms with van der Waals surface area (Å²) in [5, 5.41) is 2.60. The van der Waals surface area contributed by atoms with Gasteiger partial charge in [0, 0.05) is 48.0 Å². The minimum atomic E-state index is -0.641. The van der Waals surface area contributed by atoms with E-state index < -0.39 is 5.41 Å². The van der Waals surface area contributed by atoms with Crippen LogP contribution in [0.3, 0.4) is 0 Å². The minimum absolute atomic E-state index is 0.633. The van der Waals surface area contributed by atoms with E-state index >= 15 is 0 Å². The molecule has 0 bridgehead atoms. The zero-order valence-electron chi connectivity index (χ0n) is 30.6. The topological polar surface area (TPSA) is 47.9 Å². The van der Waals surface area contributed by atoms with E-state index in [9.17, 15) is 0 Å². The Kier molecular flexibility index (Phi) is 6.98.